The molecule has 6 rings (SSSR count). The van der Waals surface area contributed by atoms with Crippen LogP contribution in [0, 0.1) is 20.2 Å². The Bertz CT molecular complexity index is 1820. The number of carbonyl (C=O) groups is 2. The molecular weight excluding hydrogens is 615 g/mol. The largest absolute Gasteiger partial charge is 0.340 e. The molecular formula is C32H25N5O6S2. The fourth-order valence-electron chi connectivity index (χ4n) is 5.27. The van der Waals surface area contributed by atoms with Gasteiger partial charge >= 0.3 is 6.03 Å². The number of carbonyl (C=O) groups excluding carboxylic acids is 2. The van der Waals surface area contributed by atoms with Gasteiger partial charge in [-0.2, -0.15) is 0 Å². The molecule has 3 amide bonds. The third kappa shape index (κ3) is 5.99. The number of thioether (sulfide) groups is 1. The maximum absolute atomic E-state index is 13.7. The first-order chi connectivity index (χ1) is 21.8. The highest BCUT2D eigenvalue weighted by molar-refractivity contribution is 8.04. The summed E-state index contributed by atoms with van der Waals surface area (Å²) in [5.74, 6) is -0.699. The lowest BCUT2D eigenvalue weighted by molar-refractivity contribution is -0.385. The molecule has 1 N–H and O–H groups in total. The van der Waals surface area contributed by atoms with E-state index in [0.717, 1.165) is 37.8 Å². The first-order valence-corrected chi connectivity index (χ1v) is 15.6. The van der Waals surface area contributed by atoms with E-state index in [2.05, 4.69) is 34.5 Å². The van der Waals surface area contributed by atoms with Gasteiger partial charge in [0.1, 0.15) is 5.37 Å². The number of urea groups is 1. The minimum absolute atomic E-state index is 0.0571. The van der Waals surface area contributed by atoms with Gasteiger partial charge < -0.3 is 10.2 Å². The van der Waals surface area contributed by atoms with Crippen molar-refractivity contribution in [2.45, 2.75) is 21.6 Å². The molecule has 2 aliphatic rings. The van der Waals surface area contributed by atoms with Crippen molar-refractivity contribution in [3.05, 3.63) is 133 Å². The van der Waals surface area contributed by atoms with Crippen molar-refractivity contribution in [3.63, 3.8) is 0 Å². The van der Waals surface area contributed by atoms with Crippen LogP contribution in [0.2, 0.25) is 0 Å². The zero-order chi connectivity index (χ0) is 31.5. The van der Waals surface area contributed by atoms with Crippen LogP contribution < -0.4 is 10.2 Å². The van der Waals surface area contributed by atoms with Gasteiger partial charge in [-0.3, -0.25) is 25.0 Å². The number of nitro benzene ring substituents is 2. The molecule has 0 saturated carbocycles. The average molecular weight is 640 g/mol. The molecule has 0 spiro atoms. The summed E-state index contributed by atoms with van der Waals surface area (Å²) >= 11 is 2.64. The molecule has 0 radical (unpaired) electrons. The molecule has 1 fully saturated rings. The monoisotopic (exact) mass is 639 g/mol. The summed E-state index contributed by atoms with van der Waals surface area (Å²) in [7, 11) is 0. The topological polar surface area (TPSA) is 139 Å². The number of imide groups is 1. The van der Waals surface area contributed by atoms with E-state index in [9.17, 15) is 29.8 Å². The molecule has 1 unspecified atom stereocenters. The number of nitrogens with zero attached hydrogens (tertiary/aromatic N) is 4. The predicted molar refractivity (Wildman–Crippen MR) is 173 cm³/mol. The Morgan fingerprint density at radius 1 is 0.822 bits per heavy atom. The van der Waals surface area contributed by atoms with Crippen LogP contribution in [0.15, 0.2) is 112 Å². The normalized spacial score (nSPS) is 16.3. The van der Waals surface area contributed by atoms with Crippen LogP contribution in [0.1, 0.15) is 22.9 Å². The van der Waals surface area contributed by atoms with Crippen LogP contribution in [0.5, 0.6) is 0 Å². The fourth-order valence-corrected chi connectivity index (χ4v) is 7.62. The van der Waals surface area contributed by atoms with Crippen molar-refractivity contribution in [1.82, 2.24) is 10.2 Å². The van der Waals surface area contributed by atoms with Gasteiger partial charge in [-0.1, -0.05) is 72.1 Å². The minimum Gasteiger partial charge on any atom is -0.340 e. The Morgan fingerprint density at radius 3 is 2.07 bits per heavy atom. The Balaban J connectivity index is 1.23. The molecule has 0 aromatic heterocycles. The number of hydrogen-bond acceptors (Lipinski definition) is 9. The summed E-state index contributed by atoms with van der Waals surface area (Å²) in [6.07, 6.45) is 1.90. The molecule has 11 nitrogen and oxygen atoms in total. The van der Waals surface area contributed by atoms with Gasteiger partial charge in [0.25, 0.3) is 17.3 Å². The van der Waals surface area contributed by atoms with Crippen LogP contribution in [0.25, 0.3) is 6.08 Å². The number of para-hydroxylation sites is 4. The predicted octanol–water partition coefficient (Wildman–Crippen LogP) is 7.52. The van der Waals surface area contributed by atoms with Gasteiger partial charge in [0.15, 0.2) is 0 Å². The van der Waals surface area contributed by atoms with Gasteiger partial charge in [0.2, 0.25) is 0 Å². The Kier molecular flexibility index (Phi) is 8.54. The van der Waals surface area contributed by atoms with E-state index in [1.165, 1.54) is 42.5 Å². The number of nitro groups is 2. The molecule has 0 aliphatic carbocycles. The average Bonchev–Trinajstić information content (AvgIpc) is 3.37. The maximum atomic E-state index is 13.7. The lowest BCUT2D eigenvalue weighted by Crippen LogP contribution is -2.43. The van der Waals surface area contributed by atoms with E-state index in [1.807, 2.05) is 24.3 Å². The summed E-state index contributed by atoms with van der Waals surface area (Å²) in [6, 6.07) is 27.3. The third-order valence-corrected chi connectivity index (χ3v) is 9.67. The number of anilines is 2. The maximum Gasteiger partial charge on any atom is 0.325 e. The number of hydrogen-bond donors (Lipinski definition) is 1. The van der Waals surface area contributed by atoms with E-state index in [-0.39, 0.29) is 34.0 Å². The summed E-state index contributed by atoms with van der Waals surface area (Å²) in [6.45, 7) is 0.821. The van der Waals surface area contributed by atoms with E-state index in [0.29, 0.717) is 13.0 Å². The first-order valence-electron chi connectivity index (χ1n) is 13.9. The van der Waals surface area contributed by atoms with Gasteiger partial charge in [0.05, 0.1) is 37.3 Å². The number of nitrogens with one attached hydrogen (secondary N) is 1. The van der Waals surface area contributed by atoms with Crippen molar-refractivity contribution in [1.29, 1.82) is 0 Å². The number of rotatable bonds is 8. The van der Waals surface area contributed by atoms with Crippen molar-refractivity contribution in [2.75, 3.05) is 18.0 Å². The van der Waals surface area contributed by atoms with Gasteiger partial charge in [-0.25, -0.2) is 9.69 Å². The quantitative estimate of drug-likeness (QED) is 0.0897. The van der Waals surface area contributed by atoms with Crippen LogP contribution >= 0.6 is 23.5 Å². The molecule has 13 heteroatoms. The molecule has 4 aromatic carbocycles. The highest BCUT2D eigenvalue weighted by Gasteiger charge is 2.44. The fraction of sp³-hybridized carbons (Fsp3) is 0.125. The zero-order valence-corrected chi connectivity index (χ0v) is 25.2. The number of fused-ring (bicyclic) bond motifs is 2. The van der Waals surface area contributed by atoms with Crippen molar-refractivity contribution >= 4 is 64.3 Å². The SMILES string of the molecule is O=C(NCCCN1c2ccccc2Sc2ccccc21)N1C(=O)/C(=C\c2ccccc2[N+](=O)[O-])SC1c1ccccc1[N+](=O)[O-]. The van der Waals surface area contributed by atoms with Gasteiger partial charge in [0, 0.05) is 35.0 Å². The van der Waals surface area contributed by atoms with Gasteiger partial charge in [-0.15, -0.1) is 0 Å². The molecule has 1 atom stereocenters. The number of benzene rings is 4. The Morgan fingerprint density at radius 2 is 1.40 bits per heavy atom. The summed E-state index contributed by atoms with van der Waals surface area (Å²) in [5.41, 5.74) is 2.04. The summed E-state index contributed by atoms with van der Waals surface area (Å²) in [4.78, 5) is 55.1. The van der Waals surface area contributed by atoms with Crippen LogP contribution in [0.3, 0.4) is 0 Å². The standard InChI is InChI=1S/C32H25N5O6S2/c38-30-29(20-21-10-1-3-12-23(21)36(40)41)45-31(22-11-2-4-13-24(22)37(42)43)35(30)32(39)33-18-9-19-34-25-14-5-7-16-27(25)44-28-17-8-6-15-26(28)34/h1-8,10-17,20,31H,9,18-19H2,(H,33,39)/b29-20+. The highest BCUT2D eigenvalue weighted by atomic mass is 32.2. The van der Waals surface area contributed by atoms with Crippen molar-refractivity contribution in [2.24, 2.45) is 0 Å². The van der Waals surface area contributed by atoms with E-state index < -0.39 is 27.2 Å². The summed E-state index contributed by atoms with van der Waals surface area (Å²) < 4.78 is 0. The summed E-state index contributed by atoms with van der Waals surface area (Å²) in [5, 5.41) is 25.2. The second-order valence-corrected chi connectivity index (χ2v) is 12.3. The highest BCUT2D eigenvalue weighted by Crippen LogP contribution is 2.49. The molecule has 4 aromatic rings. The Labute approximate surface area is 266 Å². The second kappa shape index (κ2) is 12.8. The molecule has 1 saturated heterocycles. The molecule has 2 aliphatic heterocycles. The molecule has 45 heavy (non-hydrogen) atoms. The number of amides is 3. The Hall–Kier alpha value is -5.14. The van der Waals surface area contributed by atoms with E-state index in [4.69, 9.17) is 0 Å². The first kappa shape index (κ1) is 29.9. The van der Waals surface area contributed by atoms with Crippen molar-refractivity contribution < 1.29 is 19.4 Å². The molecule has 2 heterocycles. The van der Waals surface area contributed by atoms with Crippen LogP contribution in [0.4, 0.5) is 27.5 Å². The van der Waals surface area contributed by atoms with Crippen LogP contribution in [-0.4, -0.2) is 39.8 Å². The lowest BCUT2D eigenvalue weighted by atomic mass is 10.1. The zero-order valence-electron chi connectivity index (χ0n) is 23.6. The third-order valence-electron chi connectivity index (χ3n) is 7.31. The molecule has 0 bridgehead atoms. The van der Waals surface area contributed by atoms with Gasteiger partial charge in [-0.05, 0) is 48.9 Å². The second-order valence-electron chi connectivity index (χ2n) is 10.1. The van der Waals surface area contributed by atoms with E-state index in [1.54, 1.807) is 23.9 Å². The van der Waals surface area contributed by atoms with Crippen LogP contribution in [-0.2, 0) is 4.79 Å². The van der Waals surface area contributed by atoms with Crippen molar-refractivity contribution in [3.8, 4) is 0 Å². The van der Waals surface area contributed by atoms with E-state index >= 15 is 0 Å². The minimum atomic E-state index is -1.05. The molecule has 226 valence electrons. The smallest absolute Gasteiger partial charge is 0.325 e. The lowest BCUT2D eigenvalue weighted by Gasteiger charge is -2.32.